The number of esters is 1. The number of anilines is 1. The van der Waals surface area contributed by atoms with Crippen molar-refractivity contribution in [3.8, 4) is 0 Å². The van der Waals surface area contributed by atoms with Gasteiger partial charge in [-0.25, -0.2) is 19.7 Å². The van der Waals surface area contributed by atoms with Gasteiger partial charge in [0.1, 0.15) is 11.6 Å². The van der Waals surface area contributed by atoms with E-state index < -0.39 is 6.10 Å². The van der Waals surface area contributed by atoms with Crippen molar-refractivity contribution in [3.63, 3.8) is 0 Å². The summed E-state index contributed by atoms with van der Waals surface area (Å²) in [5, 5.41) is 1.64. The molecule has 0 radical (unpaired) electrons. The first-order valence-electron chi connectivity index (χ1n) is 9.88. The van der Waals surface area contributed by atoms with E-state index in [-0.39, 0.29) is 5.97 Å². The molecular weight excluding hydrogens is 384 g/mol. The molecule has 29 heavy (non-hydrogen) atoms. The highest BCUT2D eigenvalue weighted by Crippen LogP contribution is 2.30. The van der Waals surface area contributed by atoms with Gasteiger partial charge >= 0.3 is 5.97 Å². The first-order chi connectivity index (χ1) is 14.2. The molecule has 1 aliphatic heterocycles. The highest BCUT2D eigenvalue weighted by atomic mass is 32.2. The molecule has 1 fully saturated rings. The molecule has 1 aliphatic rings. The number of hydrogen-bond donors (Lipinski definition) is 0. The van der Waals surface area contributed by atoms with Crippen molar-refractivity contribution in [1.82, 2.24) is 15.0 Å². The van der Waals surface area contributed by atoms with Gasteiger partial charge in [0, 0.05) is 24.7 Å². The van der Waals surface area contributed by atoms with E-state index in [0.717, 1.165) is 47.8 Å². The van der Waals surface area contributed by atoms with Crippen LogP contribution in [0.25, 0.3) is 10.9 Å². The summed E-state index contributed by atoms with van der Waals surface area (Å²) < 4.78 is 5.69. The normalized spacial score (nSPS) is 15.3. The van der Waals surface area contributed by atoms with Crippen LogP contribution >= 0.6 is 11.8 Å². The first-order valence-corrected chi connectivity index (χ1v) is 11.1. The zero-order valence-corrected chi connectivity index (χ0v) is 17.5. The Hall–Kier alpha value is -2.67. The van der Waals surface area contributed by atoms with Gasteiger partial charge in [0.2, 0.25) is 0 Å². The van der Waals surface area contributed by atoms with Crippen molar-refractivity contribution in [2.45, 2.75) is 37.4 Å². The molecule has 0 spiro atoms. The Morgan fingerprint density at radius 3 is 2.62 bits per heavy atom. The number of hydrogen-bond acceptors (Lipinski definition) is 7. The lowest BCUT2D eigenvalue weighted by Gasteiger charge is -2.29. The van der Waals surface area contributed by atoms with Gasteiger partial charge in [0.15, 0.2) is 11.0 Å². The maximum absolute atomic E-state index is 12.5. The van der Waals surface area contributed by atoms with E-state index in [4.69, 9.17) is 14.7 Å². The summed E-state index contributed by atoms with van der Waals surface area (Å²) in [6.07, 6.45) is 6.85. The van der Waals surface area contributed by atoms with Crippen LogP contribution in [0.5, 0.6) is 0 Å². The van der Waals surface area contributed by atoms with E-state index in [1.54, 1.807) is 12.1 Å². The van der Waals surface area contributed by atoms with Crippen LogP contribution in [0.2, 0.25) is 0 Å². The number of nitrogens with zero attached hydrogens (tertiary/aromatic N) is 4. The number of fused-ring (bicyclic) bond motifs is 1. The number of pyridine rings is 1. The number of carbonyl (C=O) groups is 1. The van der Waals surface area contributed by atoms with E-state index in [1.807, 2.05) is 43.6 Å². The molecule has 0 bridgehead atoms. The second-order valence-electron chi connectivity index (χ2n) is 7.13. The quantitative estimate of drug-likeness (QED) is 0.346. The third kappa shape index (κ3) is 4.34. The average Bonchev–Trinajstić information content (AvgIpc) is 2.79. The lowest BCUT2D eigenvalue weighted by Crippen LogP contribution is -2.31. The van der Waals surface area contributed by atoms with Crippen LogP contribution in [0.4, 0.5) is 5.82 Å². The molecular formula is C22H24N4O2S. The minimum atomic E-state index is -0.476. The van der Waals surface area contributed by atoms with E-state index in [1.165, 1.54) is 18.2 Å². The van der Waals surface area contributed by atoms with Gasteiger partial charge in [0.05, 0.1) is 11.3 Å². The Balaban J connectivity index is 1.69. The zero-order valence-electron chi connectivity index (χ0n) is 16.7. The van der Waals surface area contributed by atoms with E-state index >= 15 is 0 Å². The van der Waals surface area contributed by atoms with Crippen LogP contribution in [-0.4, -0.2) is 40.3 Å². The minimum Gasteiger partial charge on any atom is -0.453 e. The van der Waals surface area contributed by atoms with Crippen molar-refractivity contribution in [2.75, 3.05) is 24.2 Å². The van der Waals surface area contributed by atoms with Gasteiger partial charge in [-0.15, -0.1) is 0 Å². The van der Waals surface area contributed by atoms with Gasteiger partial charge in [-0.3, -0.25) is 0 Å². The number of benzene rings is 1. The summed E-state index contributed by atoms with van der Waals surface area (Å²) in [4.78, 5) is 28.8. The second-order valence-corrected chi connectivity index (χ2v) is 7.90. The van der Waals surface area contributed by atoms with E-state index in [9.17, 15) is 4.79 Å². The van der Waals surface area contributed by atoms with Crippen molar-refractivity contribution in [2.24, 2.45) is 0 Å². The molecule has 0 unspecified atom stereocenters. The highest BCUT2D eigenvalue weighted by molar-refractivity contribution is 7.98. The Bertz CT molecular complexity index is 1010. The molecule has 3 aromatic rings. The van der Waals surface area contributed by atoms with Crippen molar-refractivity contribution in [1.29, 1.82) is 0 Å². The fraction of sp³-hybridized carbons (Fsp3) is 0.364. The molecule has 1 atom stereocenters. The lowest BCUT2D eigenvalue weighted by molar-refractivity contribution is 0.0329. The molecule has 1 aromatic carbocycles. The molecule has 2 aromatic heterocycles. The van der Waals surface area contributed by atoms with Gasteiger partial charge in [-0.2, -0.15) is 0 Å². The SMILES string of the molecule is CSc1ncc2cc([C@@H](C)OC(=O)c3ccccc3)nc(N3CCCCC3)c2n1. The first kappa shape index (κ1) is 19.6. The molecule has 0 saturated carbocycles. The molecule has 0 N–H and O–H groups in total. The predicted molar refractivity (Wildman–Crippen MR) is 115 cm³/mol. The number of ether oxygens (including phenoxy) is 1. The van der Waals surface area contributed by atoms with Crippen LogP contribution in [0.15, 0.2) is 47.8 Å². The van der Waals surface area contributed by atoms with Gasteiger partial charge in [-0.1, -0.05) is 30.0 Å². The van der Waals surface area contributed by atoms with Crippen LogP contribution in [0, 0.1) is 0 Å². The average molecular weight is 409 g/mol. The molecule has 0 aliphatic carbocycles. The Kier molecular flexibility index (Phi) is 5.94. The molecule has 7 heteroatoms. The van der Waals surface area contributed by atoms with Gasteiger partial charge < -0.3 is 9.64 Å². The summed E-state index contributed by atoms with van der Waals surface area (Å²) in [5.41, 5.74) is 2.10. The number of carbonyl (C=O) groups excluding carboxylic acids is 1. The van der Waals surface area contributed by atoms with Crippen LogP contribution in [-0.2, 0) is 4.74 Å². The highest BCUT2D eigenvalue weighted by Gasteiger charge is 2.21. The largest absolute Gasteiger partial charge is 0.453 e. The molecule has 0 amide bonds. The fourth-order valence-electron chi connectivity index (χ4n) is 3.52. The minimum absolute atomic E-state index is 0.353. The van der Waals surface area contributed by atoms with Crippen LogP contribution < -0.4 is 4.90 Å². The molecule has 3 heterocycles. The summed E-state index contributed by atoms with van der Waals surface area (Å²) >= 11 is 1.52. The van der Waals surface area contributed by atoms with Gasteiger partial charge in [0.25, 0.3) is 0 Å². The number of aromatic nitrogens is 3. The topological polar surface area (TPSA) is 68.2 Å². The van der Waals surface area contributed by atoms with Crippen LogP contribution in [0.3, 0.4) is 0 Å². The van der Waals surface area contributed by atoms with Crippen molar-refractivity contribution < 1.29 is 9.53 Å². The third-order valence-corrected chi connectivity index (χ3v) is 5.65. The standard InChI is InChI=1S/C22H24N4O2S/c1-15(28-21(27)16-9-5-3-6-10-16)18-13-17-14-23-22(29-2)25-19(17)20(24-18)26-11-7-4-8-12-26/h3,5-6,9-10,13-15H,4,7-8,11-12H2,1-2H3/t15-/m1/s1. The zero-order chi connectivity index (χ0) is 20.2. The lowest BCUT2D eigenvalue weighted by atomic mass is 10.1. The maximum Gasteiger partial charge on any atom is 0.338 e. The second kappa shape index (κ2) is 8.78. The smallest absolute Gasteiger partial charge is 0.338 e. The Morgan fingerprint density at radius 2 is 1.90 bits per heavy atom. The fourth-order valence-corrected chi connectivity index (χ4v) is 3.86. The maximum atomic E-state index is 12.5. The third-order valence-electron chi connectivity index (χ3n) is 5.09. The Labute approximate surface area is 174 Å². The molecule has 4 rings (SSSR count). The van der Waals surface area contributed by atoms with Crippen molar-refractivity contribution >= 4 is 34.5 Å². The summed E-state index contributed by atoms with van der Waals surface area (Å²) in [5.74, 6) is 0.506. The Morgan fingerprint density at radius 1 is 1.14 bits per heavy atom. The number of piperidine rings is 1. The van der Waals surface area contributed by atoms with Crippen LogP contribution in [0.1, 0.15) is 48.3 Å². The number of rotatable bonds is 5. The van der Waals surface area contributed by atoms with Crippen molar-refractivity contribution in [3.05, 3.63) is 53.9 Å². The van der Waals surface area contributed by atoms with E-state index in [2.05, 4.69) is 9.88 Å². The molecule has 6 nitrogen and oxygen atoms in total. The number of thioether (sulfide) groups is 1. The summed E-state index contributed by atoms with van der Waals surface area (Å²) in [7, 11) is 0. The molecule has 150 valence electrons. The van der Waals surface area contributed by atoms with E-state index in [0.29, 0.717) is 11.3 Å². The predicted octanol–water partition coefficient (Wildman–Crippen LogP) is 4.66. The monoisotopic (exact) mass is 408 g/mol. The summed E-state index contributed by atoms with van der Waals surface area (Å²) in [6.45, 7) is 3.77. The summed E-state index contributed by atoms with van der Waals surface area (Å²) in [6, 6.07) is 10.9. The molecule has 1 saturated heterocycles. The van der Waals surface area contributed by atoms with Gasteiger partial charge in [-0.05, 0) is 50.6 Å².